The summed E-state index contributed by atoms with van der Waals surface area (Å²) in [5, 5.41) is 10.2. The average molecular weight is 350 g/mol. The zero-order chi connectivity index (χ0) is 17.9. The number of allylic oxidation sites excluding steroid dienone is 3. The number of nitrogens with zero attached hydrogens (tertiary/aromatic N) is 1. The summed E-state index contributed by atoms with van der Waals surface area (Å²) in [7, 11) is 0. The number of aliphatic hydroxyl groups excluding tert-OH is 1. The van der Waals surface area contributed by atoms with Crippen molar-refractivity contribution in [1.82, 2.24) is 4.98 Å². The standard InChI is InChI=1S/C24H31NO/c1-23-11-9-18(26)14-17(23)5-6-19-21-8-7-20(16-4-3-13-25-15-16)24(21,2)12-10-22(19)23/h3-5,7,13,15,18-19,21-22,26H,6,8-12,14H2,1-2H3/t18-,19+,21+,22-,23-,24+/m0/s1. The highest BCUT2D eigenvalue weighted by molar-refractivity contribution is 5.72. The van der Waals surface area contributed by atoms with E-state index in [-0.39, 0.29) is 6.10 Å². The third kappa shape index (κ3) is 2.24. The van der Waals surface area contributed by atoms with Gasteiger partial charge < -0.3 is 5.11 Å². The van der Waals surface area contributed by atoms with Crippen molar-refractivity contribution in [1.29, 1.82) is 0 Å². The largest absolute Gasteiger partial charge is 0.393 e. The van der Waals surface area contributed by atoms with Crippen molar-refractivity contribution in [3.8, 4) is 0 Å². The maximum Gasteiger partial charge on any atom is 0.0577 e. The Morgan fingerprint density at radius 3 is 2.69 bits per heavy atom. The maximum atomic E-state index is 10.2. The van der Waals surface area contributed by atoms with Gasteiger partial charge in [0.25, 0.3) is 0 Å². The molecule has 2 saturated carbocycles. The number of aliphatic hydroxyl groups is 1. The Balaban J connectivity index is 1.48. The number of pyridine rings is 1. The van der Waals surface area contributed by atoms with Crippen LogP contribution in [0.5, 0.6) is 0 Å². The Morgan fingerprint density at radius 1 is 1.04 bits per heavy atom. The first-order chi connectivity index (χ1) is 12.5. The van der Waals surface area contributed by atoms with Crippen molar-refractivity contribution in [2.45, 2.75) is 64.9 Å². The van der Waals surface area contributed by atoms with Crippen LogP contribution in [0.4, 0.5) is 0 Å². The molecular weight excluding hydrogens is 318 g/mol. The van der Waals surface area contributed by atoms with E-state index in [1.165, 1.54) is 37.7 Å². The summed E-state index contributed by atoms with van der Waals surface area (Å²) in [5.74, 6) is 2.36. The van der Waals surface area contributed by atoms with Crippen LogP contribution in [0, 0.1) is 28.6 Å². The molecule has 2 fully saturated rings. The fourth-order valence-electron chi connectivity index (χ4n) is 7.18. The molecule has 1 heterocycles. The van der Waals surface area contributed by atoms with Gasteiger partial charge in [0.2, 0.25) is 0 Å². The quantitative estimate of drug-likeness (QED) is 0.689. The minimum atomic E-state index is -0.106. The predicted molar refractivity (Wildman–Crippen MR) is 105 cm³/mol. The highest BCUT2D eigenvalue weighted by Gasteiger charge is 2.56. The molecule has 2 nitrogen and oxygen atoms in total. The van der Waals surface area contributed by atoms with Gasteiger partial charge in [-0.2, -0.15) is 0 Å². The molecule has 26 heavy (non-hydrogen) atoms. The Hall–Kier alpha value is -1.41. The van der Waals surface area contributed by atoms with E-state index in [1.807, 2.05) is 12.4 Å². The van der Waals surface area contributed by atoms with Gasteiger partial charge in [0, 0.05) is 12.4 Å². The molecule has 6 atom stereocenters. The van der Waals surface area contributed by atoms with E-state index in [1.54, 1.807) is 11.1 Å². The second-order valence-electron chi connectivity index (χ2n) is 9.71. The van der Waals surface area contributed by atoms with E-state index in [2.05, 4.69) is 43.1 Å². The molecule has 0 aromatic carbocycles. The van der Waals surface area contributed by atoms with Gasteiger partial charge in [0.1, 0.15) is 0 Å². The monoisotopic (exact) mass is 349 g/mol. The highest BCUT2D eigenvalue weighted by atomic mass is 16.3. The summed E-state index contributed by atoms with van der Waals surface area (Å²) in [6, 6.07) is 4.31. The van der Waals surface area contributed by atoms with Gasteiger partial charge in [0.05, 0.1) is 6.10 Å². The van der Waals surface area contributed by atoms with Gasteiger partial charge in [-0.3, -0.25) is 4.98 Å². The SMILES string of the molecule is C[C@]12CC[C@H](O)CC1=CC[C@@H]1[C@H]3CC=C(c4cccnc4)[C@@]3(C)CC[C@@H]12. The van der Waals surface area contributed by atoms with Gasteiger partial charge in [-0.15, -0.1) is 0 Å². The minimum absolute atomic E-state index is 0.106. The Kier molecular flexibility index (Phi) is 3.73. The van der Waals surface area contributed by atoms with Crippen LogP contribution in [0.1, 0.15) is 64.4 Å². The first-order valence-corrected chi connectivity index (χ1v) is 10.5. The molecule has 1 N–H and O–H groups in total. The average Bonchev–Trinajstić information content (AvgIpc) is 3.00. The summed E-state index contributed by atoms with van der Waals surface area (Å²) < 4.78 is 0. The van der Waals surface area contributed by atoms with Crippen molar-refractivity contribution in [3.05, 3.63) is 47.8 Å². The number of hydrogen-bond acceptors (Lipinski definition) is 2. The molecular formula is C24H31NO. The van der Waals surface area contributed by atoms with Crippen molar-refractivity contribution in [2.24, 2.45) is 28.6 Å². The van der Waals surface area contributed by atoms with Gasteiger partial charge in [-0.1, -0.05) is 37.6 Å². The molecule has 0 saturated heterocycles. The molecule has 5 rings (SSSR count). The topological polar surface area (TPSA) is 33.1 Å². The van der Waals surface area contributed by atoms with Crippen molar-refractivity contribution in [2.75, 3.05) is 0 Å². The van der Waals surface area contributed by atoms with Crippen molar-refractivity contribution in [3.63, 3.8) is 0 Å². The molecule has 2 heteroatoms. The van der Waals surface area contributed by atoms with E-state index in [9.17, 15) is 5.11 Å². The van der Waals surface area contributed by atoms with Crippen LogP contribution >= 0.6 is 0 Å². The Morgan fingerprint density at radius 2 is 1.88 bits per heavy atom. The Bertz CT molecular complexity index is 766. The molecule has 1 aromatic heterocycles. The fraction of sp³-hybridized carbons (Fsp3) is 0.625. The molecule has 0 radical (unpaired) electrons. The lowest BCUT2D eigenvalue weighted by Gasteiger charge is -2.57. The van der Waals surface area contributed by atoms with Gasteiger partial charge in [-0.25, -0.2) is 0 Å². The minimum Gasteiger partial charge on any atom is -0.393 e. The second kappa shape index (κ2) is 5.79. The molecule has 0 bridgehead atoms. The first kappa shape index (κ1) is 16.7. The summed E-state index contributed by atoms with van der Waals surface area (Å²) in [4.78, 5) is 4.38. The maximum absolute atomic E-state index is 10.2. The molecule has 4 aliphatic rings. The van der Waals surface area contributed by atoms with E-state index >= 15 is 0 Å². The molecule has 0 amide bonds. The molecule has 0 spiro atoms. The number of fused-ring (bicyclic) bond motifs is 5. The summed E-state index contributed by atoms with van der Waals surface area (Å²) in [6.07, 6.45) is 17.0. The van der Waals surface area contributed by atoms with Crippen molar-refractivity contribution < 1.29 is 5.11 Å². The third-order valence-electron chi connectivity index (χ3n) is 8.63. The van der Waals surface area contributed by atoms with E-state index in [4.69, 9.17) is 0 Å². The molecule has 138 valence electrons. The second-order valence-corrected chi connectivity index (χ2v) is 9.71. The van der Waals surface area contributed by atoms with Crippen LogP contribution in [0.15, 0.2) is 42.3 Å². The van der Waals surface area contributed by atoms with Crippen LogP contribution in [0.2, 0.25) is 0 Å². The van der Waals surface area contributed by atoms with E-state index in [0.29, 0.717) is 10.8 Å². The lowest BCUT2D eigenvalue weighted by atomic mass is 9.47. The lowest BCUT2D eigenvalue weighted by Crippen LogP contribution is -2.49. The third-order valence-corrected chi connectivity index (χ3v) is 8.63. The van der Waals surface area contributed by atoms with Gasteiger partial charge >= 0.3 is 0 Å². The number of rotatable bonds is 1. The fourth-order valence-corrected chi connectivity index (χ4v) is 7.18. The molecule has 0 aliphatic heterocycles. The summed E-state index contributed by atoms with van der Waals surface area (Å²) in [5.41, 5.74) is 5.09. The smallest absolute Gasteiger partial charge is 0.0577 e. The van der Waals surface area contributed by atoms with Crippen LogP contribution in [-0.2, 0) is 0 Å². The van der Waals surface area contributed by atoms with Gasteiger partial charge in [-0.05, 0) is 90.7 Å². The number of hydrogen-bond donors (Lipinski definition) is 1. The molecule has 0 unspecified atom stereocenters. The Labute approximate surface area is 157 Å². The van der Waals surface area contributed by atoms with E-state index in [0.717, 1.165) is 30.6 Å². The summed E-state index contributed by atoms with van der Waals surface area (Å²) in [6.45, 7) is 5.03. The lowest BCUT2D eigenvalue weighted by molar-refractivity contribution is -0.0238. The molecule has 4 aliphatic carbocycles. The highest BCUT2D eigenvalue weighted by Crippen LogP contribution is 2.66. The normalized spacial score (nSPS) is 44.4. The van der Waals surface area contributed by atoms with Gasteiger partial charge in [0.15, 0.2) is 0 Å². The zero-order valence-electron chi connectivity index (χ0n) is 16.1. The van der Waals surface area contributed by atoms with E-state index < -0.39 is 0 Å². The zero-order valence-corrected chi connectivity index (χ0v) is 16.1. The molecule has 1 aromatic rings. The first-order valence-electron chi connectivity index (χ1n) is 10.5. The van der Waals surface area contributed by atoms with Crippen LogP contribution in [-0.4, -0.2) is 16.2 Å². The summed E-state index contributed by atoms with van der Waals surface area (Å²) >= 11 is 0. The number of aromatic nitrogens is 1. The van der Waals surface area contributed by atoms with Crippen LogP contribution in [0.3, 0.4) is 0 Å². The van der Waals surface area contributed by atoms with Crippen LogP contribution < -0.4 is 0 Å². The van der Waals surface area contributed by atoms with Crippen molar-refractivity contribution >= 4 is 5.57 Å². The van der Waals surface area contributed by atoms with Crippen LogP contribution in [0.25, 0.3) is 5.57 Å². The predicted octanol–water partition coefficient (Wildman–Crippen LogP) is 5.40.